The minimum Gasteiger partial charge on any atom is -0.489 e. The predicted octanol–water partition coefficient (Wildman–Crippen LogP) is 3.60. The molecule has 6 heteroatoms. The van der Waals surface area contributed by atoms with Crippen LogP contribution in [0.1, 0.15) is 20.3 Å². The molecule has 3 rings (SSSR count). The molecule has 2 aromatic carbocycles. The molecule has 0 saturated carbocycles. The summed E-state index contributed by atoms with van der Waals surface area (Å²) in [4.78, 5) is 26.5. The van der Waals surface area contributed by atoms with Crippen molar-refractivity contribution in [3.63, 3.8) is 0 Å². The minimum atomic E-state index is -0.473. The van der Waals surface area contributed by atoms with E-state index >= 15 is 0 Å². The third-order valence-electron chi connectivity index (χ3n) is 4.13. The molecule has 1 heterocycles. The zero-order valence-electron chi connectivity index (χ0n) is 14.7. The van der Waals surface area contributed by atoms with Crippen molar-refractivity contribution in [2.24, 2.45) is 5.92 Å². The van der Waals surface area contributed by atoms with Crippen LogP contribution in [0.2, 0.25) is 0 Å². The van der Waals surface area contributed by atoms with Gasteiger partial charge in [-0.15, -0.1) is 0 Å². The lowest BCUT2D eigenvalue weighted by Gasteiger charge is -2.21. The van der Waals surface area contributed by atoms with Crippen molar-refractivity contribution >= 4 is 23.2 Å². The number of hydrogen-bond donors (Lipinski definition) is 1. The van der Waals surface area contributed by atoms with Gasteiger partial charge < -0.3 is 15.0 Å². The van der Waals surface area contributed by atoms with Crippen LogP contribution in [0.3, 0.4) is 0 Å². The molecule has 1 atom stereocenters. The van der Waals surface area contributed by atoms with Crippen molar-refractivity contribution in [2.75, 3.05) is 16.8 Å². The van der Waals surface area contributed by atoms with E-state index in [1.165, 1.54) is 24.3 Å². The summed E-state index contributed by atoms with van der Waals surface area (Å²) in [5.41, 5.74) is 1.18. The number of nitrogens with one attached hydrogen (secondary N) is 1. The van der Waals surface area contributed by atoms with E-state index in [1.54, 1.807) is 4.90 Å². The van der Waals surface area contributed by atoms with Crippen LogP contribution in [0.4, 0.5) is 15.8 Å². The van der Waals surface area contributed by atoms with E-state index in [0.717, 1.165) is 0 Å². The molecule has 26 heavy (non-hydrogen) atoms. The average molecular weight is 356 g/mol. The topological polar surface area (TPSA) is 58.6 Å². The Labute approximate surface area is 151 Å². The molecule has 0 aliphatic carbocycles. The Balaban J connectivity index is 1.72. The van der Waals surface area contributed by atoms with E-state index in [1.807, 2.05) is 38.1 Å². The maximum absolute atomic E-state index is 13.0. The van der Waals surface area contributed by atoms with Crippen molar-refractivity contribution in [2.45, 2.75) is 26.4 Å². The number of rotatable bonds is 5. The number of carbonyl (C=O) groups is 2. The zero-order valence-corrected chi connectivity index (χ0v) is 14.7. The third kappa shape index (κ3) is 4.02. The quantitative estimate of drug-likeness (QED) is 0.890. The van der Waals surface area contributed by atoms with Crippen LogP contribution in [0.5, 0.6) is 5.75 Å². The number of anilines is 2. The summed E-state index contributed by atoms with van der Waals surface area (Å²) in [6.45, 7) is 4.12. The van der Waals surface area contributed by atoms with Crippen LogP contribution in [-0.2, 0) is 9.59 Å². The fraction of sp³-hybridized carbons (Fsp3) is 0.300. The molecular weight excluding hydrogens is 335 g/mol. The van der Waals surface area contributed by atoms with E-state index in [9.17, 15) is 14.0 Å². The maximum atomic E-state index is 13.0. The maximum Gasteiger partial charge on any atom is 0.229 e. The Kier molecular flexibility index (Phi) is 5.21. The minimum absolute atomic E-state index is 0.0218. The molecule has 1 unspecified atom stereocenters. The second kappa shape index (κ2) is 7.56. The Bertz CT molecular complexity index is 805. The monoisotopic (exact) mass is 356 g/mol. The Hall–Kier alpha value is -2.89. The van der Waals surface area contributed by atoms with Gasteiger partial charge in [0.2, 0.25) is 11.8 Å². The van der Waals surface area contributed by atoms with Gasteiger partial charge in [0.25, 0.3) is 0 Å². The molecule has 1 aliphatic rings. The molecule has 1 aliphatic heterocycles. The van der Waals surface area contributed by atoms with Crippen LogP contribution in [0, 0.1) is 11.7 Å². The Morgan fingerprint density at radius 1 is 1.19 bits per heavy atom. The van der Waals surface area contributed by atoms with Crippen molar-refractivity contribution in [3.05, 3.63) is 54.3 Å². The fourth-order valence-electron chi connectivity index (χ4n) is 2.93. The van der Waals surface area contributed by atoms with E-state index in [-0.39, 0.29) is 36.7 Å². The highest BCUT2D eigenvalue weighted by Crippen LogP contribution is 2.33. The lowest BCUT2D eigenvalue weighted by Crippen LogP contribution is -2.28. The molecule has 2 amide bonds. The Morgan fingerprint density at radius 3 is 2.58 bits per heavy atom. The van der Waals surface area contributed by atoms with Gasteiger partial charge in [-0.2, -0.15) is 0 Å². The van der Waals surface area contributed by atoms with Gasteiger partial charge in [0, 0.05) is 18.7 Å². The third-order valence-corrected chi connectivity index (χ3v) is 4.13. The smallest absolute Gasteiger partial charge is 0.229 e. The molecular formula is C20H21FN2O3. The molecule has 0 aromatic heterocycles. The molecule has 1 fully saturated rings. The van der Waals surface area contributed by atoms with Crippen LogP contribution in [-0.4, -0.2) is 24.5 Å². The standard InChI is InChI=1S/C20H21FN2O3/c1-13(2)26-18-6-4-3-5-17(18)23-12-14(11-19(23)24)20(25)22-16-9-7-15(21)8-10-16/h3-10,13-14H,11-12H2,1-2H3,(H,22,25). The van der Waals surface area contributed by atoms with Gasteiger partial charge in [-0.05, 0) is 50.2 Å². The first kappa shape index (κ1) is 17.9. The van der Waals surface area contributed by atoms with E-state index < -0.39 is 5.92 Å². The van der Waals surface area contributed by atoms with Gasteiger partial charge in [-0.1, -0.05) is 12.1 Å². The highest BCUT2D eigenvalue weighted by Gasteiger charge is 2.36. The van der Waals surface area contributed by atoms with Gasteiger partial charge in [-0.25, -0.2) is 4.39 Å². The number of para-hydroxylation sites is 2. The number of nitrogens with zero attached hydrogens (tertiary/aromatic N) is 1. The van der Waals surface area contributed by atoms with Crippen LogP contribution in [0.25, 0.3) is 0 Å². The number of hydrogen-bond acceptors (Lipinski definition) is 3. The number of halogens is 1. The van der Waals surface area contributed by atoms with Crippen molar-refractivity contribution in [3.8, 4) is 5.75 Å². The molecule has 2 aromatic rings. The fourth-order valence-corrected chi connectivity index (χ4v) is 2.93. The molecule has 1 saturated heterocycles. The summed E-state index contributed by atoms with van der Waals surface area (Å²) in [7, 11) is 0. The molecule has 136 valence electrons. The van der Waals surface area contributed by atoms with Crippen molar-refractivity contribution < 1.29 is 18.7 Å². The molecule has 1 N–H and O–H groups in total. The first-order valence-corrected chi connectivity index (χ1v) is 8.56. The average Bonchev–Trinajstić information content (AvgIpc) is 2.99. The number of ether oxygens (including phenoxy) is 1. The summed E-state index contributed by atoms with van der Waals surface area (Å²) < 4.78 is 18.7. The second-order valence-corrected chi connectivity index (χ2v) is 6.54. The van der Waals surface area contributed by atoms with Gasteiger partial charge in [0.05, 0.1) is 17.7 Å². The number of carbonyl (C=O) groups excluding carboxylic acids is 2. The number of benzene rings is 2. The lowest BCUT2D eigenvalue weighted by atomic mass is 10.1. The summed E-state index contributed by atoms with van der Waals surface area (Å²) in [6.07, 6.45) is 0.106. The van der Waals surface area contributed by atoms with E-state index in [4.69, 9.17) is 4.74 Å². The van der Waals surface area contributed by atoms with Crippen LogP contribution >= 0.6 is 0 Å². The highest BCUT2D eigenvalue weighted by atomic mass is 19.1. The van der Waals surface area contributed by atoms with Gasteiger partial charge in [-0.3, -0.25) is 9.59 Å². The molecule has 0 bridgehead atoms. The first-order valence-electron chi connectivity index (χ1n) is 8.56. The van der Waals surface area contributed by atoms with Gasteiger partial charge >= 0.3 is 0 Å². The van der Waals surface area contributed by atoms with Gasteiger partial charge in [0.15, 0.2) is 0 Å². The number of amides is 2. The lowest BCUT2D eigenvalue weighted by molar-refractivity contribution is -0.122. The van der Waals surface area contributed by atoms with Crippen LogP contribution in [0.15, 0.2) is 48.5 Å². The summed E-state index contributed by atoms with van der Waals surface area (Å²) in [5, 5.41) is 2.73. The summed E-state index contributed by atoms with van der Waals surface area (Å²) in [5.74, 6) is -0.596. The first-order chi connectivity index (χ1) is 12.4. The van der Waals surface area contributed by atoms with Gasteiger partial charge in [0.1, 0.15) is 11.6 Å². The van der Waals surface area contributed by atoms with Crippen molar-refractivity contribution in [1.29, 1.82) is 0 Å². The Morgan fingerprint density at radius 2 is 1.88 bits per heavy atom. The zero-order chi connectivity index (χ0) is 18.7. The largest absolute Gasteiger partial charge is 0.489 e. The normalized spacial score (nSPS) is 16.8. The second-order valence-electron chi connectivity index (χ2n) is 6.54. The van der Waals surface area contributed by atoms with Crippen molar-refractivity contribution in [1.82, 2.24) is 0 Å². The summed E-state index contributed by atoms with van der Waals surface area (Å²) in [6, 6.07) is 12.9. The highest BCUT2D eigenvalue weighted by molar-refractivity contribution is 6.04. The van der Waals surface area contributed by atoms with E-state index in [2.05, 4.69) is 5.32 Å². The molecule has 0 spiro atoms. The molecule has 5 nitrogen and oxygen atoms in total. The van der Waals surface area contributed by atoms with E-state index in [0.29, 0.717) is 17.1 Å². The molecule has 0 radical (unpaired) electrons. The van der Waals surface area contributed by atoms with Crippen LogP contribution < -0.4 is 15.0 Å². The predicted molar refractivity (Wildman–Crippen MR) is 97.7 cm³/mol. The summed E-state index contributed by atoms with van der Waals surface area (Å²) >= 11 is 0. The SMILES string of the molecule is CC(C)Oc1ccccc1N1CC(C(=O)Nc2ccc(F)cc2)CC1=O.